The fraction of sp³-hybridized carbons (Fsp3) is 0.184. The van der Waals surface area contributed by atoms with Crippen molar-refractivity contribution >= 4 is 0 Å². The van der Waals surface area contributed by atoms with Crippen molar-refractivity contribution in [3.05, 3.63) is 230 Å². The Kier molecular flexibility index (Phi) is 10.6. The average Bonchev–Trinajstić information content (AvgIpc) is 3.77. The number of hydrogen-bond acceptors (Lipinski definition) is 7. The fourth-order valence-electron chi connectivity index (χ4n) is 8.41. The quantitative estimate of drug-likeness (QED) is 0.119. The Morgan fingerprint density at radius 2 is 1.21 bits per heavy atom. The van der Waals surface area contributed by atoms with Gasteiger partial charge in [-0.25, -0.2) is 4.98 Å². The molecule has 0 saturated carbocycles. The number of rotatable bonds is 13. The molecule has 0 spiro atoms. The van der Waals surface area contributed by atoms with Gasteiger partial charge in [0.15, 0.2) is 0 Å². The summed E-state index contributed by atoms with van der Waals surface area (Å²) in [5.74, 6) is 0.778. The third kappa shape index (κ3) is 6.83. The van der Waals surface area contributed by atoms with Crippen LogP contribution >= 0.6 is 0 Å². The second-order valence-electron chi connectivity index (χ2n) is 14.5. The predicted octanol–water partition coefficient (Wildman–Crippen LogP) is 10.3. The van der Waals surface area contributed by atoms with Crippen LogP contribution in [-0.2, 0) is 37.1 Å². The van der Waals surface area contributed by atoms with Gasteiger partial charge in [0.2, 0.25) is 5.66 Å². The normalized spacial score (nSPS) is 13.2. The zero-order valence-electron chi connectivity index (χ0n) is 32.2. The molecule has 1 aliphatic heterocycles. The highest BCUT2D eigenvalue weighted by molar-refractivity contribution is 5.72. The van der Waals surface area contributed by atoms with E-state index >= 15 is 0 Å². The molecule has 0 amide bonds. The zero-order valence-corrected chi connectivity index (χ0v) is 32.2. The third-order valence-electron chi connectivity index (χ3n) is 11.0. The Morgan fingerprint density at radius 3 is 1.79 bits per heavy atom. The first-order valence-corrected chi connectivity index (χ1v) is 19.5. The van der Waals surface area contributed by atoms with Gasteiger partial charge in [0, 0.05) is 29.7 Å². The molecule has 0 aliphatic carbocycles. The molecule has 8 nitrogen and oxygen atoms in total. The van der Waals surface area contributed by atoms with Crippen LogP contribution in [-0.4, -0.2) is 14.7 Å². The minimum Gasteiger partial charge on any atom is -0.392 e. The van der Waals surface area contributed by atoms with E-state index in [4.69, 9.17) is 15.2 Å². The molecule has 1 aromatic heterocycles. The molecule has 7 aromatic rings. The first kappa shape index (κ1) is 37.3. The van der Waals surface area contributed by atoms with E-state index in [1.165, 1.54) is 0 Å². The number of aliphatic hydroxyl groups is 1. The van der Waals surface area contributed by atoms with Crippen molar-refractivity contribution < 1.29 is 5.11 Å². The van der Waals surface area contributed by atoms with E-state index in [1.807, 2.05) is 66.1 Å². The van der Waals surface area contributed by atoms with Crippen LogP contribution in [0.4, 0.5) is 0 Å². The molecule has 0 unspecified atom stereocenters. The Balaban J connectivity index is 1.23. The fourth-order valence-corrected chi connectivity index (χ4v) is 8.41. The average molecular weight is 749 g/mol. The van der Waals surface area contributed by atoms with Crippen LogP contribution in [0.15, 0.2) is 189 Å². The van der Waals surface area contributed by atoms with Gasteiger partial charge in [-0.05, 0) is 68.3 Å². The molecule has 0 atom stereocenters. The van der Waals surface area contributed by atoms with Crippen molar-refractivity contribution in [3.8, 4) is 11.1 Å². The Bertz CT molecular complexity index is 2490. The summed E-state index contributed by atoms with van der Waals surface area (Å²) < 4.78 is 1.83. The van der Waals surface area contributed by atoms with Gasteiger partial charge in [0.25, 0.3) is 5.56 Å². The van der Waals surface area contributed by atoms with Crippen LogP contribution in [0.1, 0.15) is 69.4 Å². The minimum atomic E-state index is -1.31. The smallest absolute Gasteiger partial charge is 0.257 e. The third-order valence-corrected chi connectivity index (χ3v) is 11.0. The maximum Gasteiger partial charge on any atom is 0.257 e. The summed E-state index contributed by atoms with van der Waals surface area (Å²) in [5, 5.41) is 28.3. The Labute approximate surface area is 333 Å². The van der Waals surface area contributed by atoms with Gasteiger partial charge in [0.1, 0.15) is 5.82 Å². The Hall–Kier alpha value is -6.64. The second-order valence-corrected chi connectivity index (χ2v) is 14.5. The summed E-state index contributed by atoms with van der Waals surface area (Å²) >= 11 is 0. The molecule has 282 valence electrons. The lowest BCUT2D eigenvalue weighted by molar-refractivity contribution is 0.281. The van der Waals surface area contributed by atoms with Crippen molar-refractivity contribution in [1.82, 2.24) is 9.55 Å². The molecule has 1 aliphatic rings. The first-order chi connectivity index (χ1) is 28.0. The molecule has 57 heavy (non-hydrogen) atoms. The molecule has 1 N–H and O–H groups in total. The summed E-state index contributed by atoms with van der Waals surface area (Å²) in [6, 6.07) is 55.5. The van der Waals surface area contributed by atoms with Crippen LogP contribution in [0, 0.1) is 6.92 Å². The second kappa shape index (κ2) is 16.2. The molecular formula is C49H44N6O2. The number of aryl methyl sites for hydroxylation is 2. The molecular weight excluding hydrogens is 705 g/mol. The van der Waals surface area contributed by atoms with E-state index < -0.39 is 11.1 Å². The van der Waals surface area contributed by atoms with Crippen LogP contribution < -0.4 is 5.56 Å². The highest BCUT2D eigenvalue weighted by Gasteiger charge is 2.60. The molecule has 8 heteroatoms. The maximum absolute atomic E-state index is 14.2. The van der Waals surface area contributed by atoms with Crippen molar-refractivity contribution in [3.63, 3.8) is 0 Å². The monoisotopic (exact) mass is 748 g/mol. The highest BCUT2D eigenvalue weighted by atomic mass is 16.3. The zero-order chi connectivity index (χ0) is 39.2. The highest BCUT2D eigenvalue weighted by Crippen LogP contribution is 2.58. The molecule has 6 aromatic carbocycles. The number of benzene rings is 6. The molecule has 0 radical (unpaired) electrons. The first-order valence-electron chi connectivity index (χ1n) is 19.5. The van der Waals surface area contributed by atoms with Crippen LogP contribution in [0.5, 0.6) is 0 Å². The van der Waals surface area contributed by atoms with Gasteiger partial charge in [-0.2, -0.15) is 0 Å². The molecule has 0 fully saturated rings. The summed E-state index contributed by atoms with van der Waals surface area (Å²) in [6.45, 7) is 4.36. The van der Waals surface area contributed by atoms with Crippen LogP contribution in [0.2, 0.25) is 0 Å². The standard InChI is InChI=1S/C49H44N6O2/c1-3-16-46-50-35(2)44(32-37-17-15-18-38(31-37)34-56)47(57)55(46)33-36-27-29-39(30-28-36)43-25-13-14-26-45(43)49(51-53-54-52-49)48(40-19-7-4-8-20-40,41-21-9-5-10-22-41)42-23-11-6-12-24-42/h4-15,17-31,56H,3,16,32-34H2,1-2H3. The van der Waals surface area contributed by atoms with Crippen LogP contribution in [0.25, 0.3) is 11.1 Å². The maximum atomic E-state index is 14.2. The summed E-state index contributed by atoms with van der Waals surface area (Å²) in [6.07, 6.45) is 2.01. The van der Waals surface area contributed by atoms with Crippen molar-refractivity contribution in [2.24, 2.45) is 20.7 Å². The van der Waals surface area contributed by atoms with Gasteiger partial charge < -0.3 is 5.11 Å². The summed E-state index contributed by atoms with van der Waals surface area (Å²) in [4.78, 5) is 19.2. The summed E-state index contributed by atoms with van der Waals surface area (Å²) in [5.41, 5.74) is 7.68. The van der Waals surface area contributed by atoms with E-state index in [0.717, 1.165) is 68.0 Å². The number of aliphatic hydroxyl groups excluding tert-OH is 1. The van der Waals surface area contributed by atoms with Gasteiger partial charge in [0.05, 0.1) is 18.6 Å². The number of hydrogen-bond donors (Lipinski definition) is 1. The molecule has 8 rings (SSSR count). The van der Waals surface area contributed by atoms with Gasteiger partial charge in [-0.3, -0.25) is 9.36 Å². The molecule has 0 bridgehead atoms. The van der Waals surface area contributed by atoms with Gasteiger partial charge in [-0.1, -0.05) is 171 Å². The molecule has 0 saturated heterocycles. The largest absolute Gasteiger partial charge is 0.392 e. The predicted molar refractivity (Wildman–Crippen MR) is 224 cm³/mol. The SMILES string of the molecule is CCCc1nc(C)c(Cc2cccc(CO)c2)c(=O)n1Cc1ccc(-c2ccccc2C2(C(c3ccccc3)(c3ccccc3)c3ccccc3)N=NN=N2)cc1. The minimum absolute atomic E-state index is 0.0345. The van der Waals surface area contributed by atoms with E-state index in [-0.39, 0.29) is 12.2 Å². The lowest BCUT2D eigenvalue weighted by Gasteiger charge is -2.45. The number of nitrogens with zero attached hydrogens (tertiary/aromatic N) is 6. The van der Waals surface area contributed by atoms with Crippen molar-refractivity contribution in [2.45, 2.75) is 57.3 Å². The van der Waals surface area contributed by atoms with Crippen LogP contribution in [0.3, 0.4) is 0 Å². The van der Waals surface area contributed by atoms with Gasteiger partial charge >= 0.3 is 0 Å². The van der Waals surface area contributed by atoms with E-state index in [0.29, 0.717) is 24.9 Å². The van der Waals surface area contributed by atoms with Crippen molar-refractivity contribution in [2.75, 3.05) is 0 Å². The molecule has 2 heterocycles. The van der Waals surface area contributed by atoms with E-state index in [9.17, 15) is 9.90 Å². The van der Waals surface area contributed by atoms with E-state index in [2.05, 4.69) is 127 Å². The number of aromatic nitrogens is 2. The topological polar surface area (TPSA) is 105 Å². The Morgan fingerprint density at radius 1 is 0.649 bits per heavy atom. The summed E-state index contributed by atoms with van der Waals surface area (Å²) in [7, 11) is 0. The lowest BCUT2D eigenvalue weighted by Crippen LogP contribution is -2.48. The van der Waals surface area contributed by atoms with Crippen molar-refractivity contribution in [1.29, 1.82) is 0 Å². The van der Waals surface area contributed by atoms with E-state index in [1.54, 1.807) is 0 Å². The lowest BCUT2D eigenvalue weighted by atomic mass is 9.59. The van der Waals surface area contributed by atoms with Gasteiger partial charge in [-0.15, -0.1) is 10.2 Å².